The molecule has 1 aliphatic carbocycles. The average molecular weight is 193 g/mol. The van der Waals surface area contributed by atoms with Gasteiger partial charge in [0, 0.05) is 11.6 Å². The minimum absolute atomic E-state index is 0.530. The van der Waals surface area contributed by atoms with Crippen LogP contribution in [0.5, 0.6) is 0 Å². The lowest BCUT2D eigenvalue weighted by Crippen LogP contribution is -2.32. The van der Waals surface area contributed by atoms with Crippen LogP contribution in [-0.2, 0) is 0 Å². The van der Waals surface area contributed by atoms with Gasteiger partial charge in [0.1, 0.15) is 0 Å². The highest BCUT2D eigenvalue weighted by Gasteiger charge is 2.28. The fourth-order valence-corrected chi connectivity index (χ4v) is 2.08. The Bertz CT molecular complexity index is 251. The van der Waals surface area contributed by atoms with Gasteiger partial charge in [0.15, 0.2) is 0 Å². The first-order valence-electron chi connectivity index (χ1n) is 5.67. The van der Waals surface area contributed by atoms with Gasteiger partial charge >= 0.3 is 0 Å². The van der Waals surface area contributed by atoms with Crippen molar-refractivity contribution in [2.75, 3.05) is 6.54 Å². The molecule has 2 rings (SSSR count). The summed E-state index contributed by atoms with van der Waals surface area (Å²) in [5.74, 6) is 0.833. The molecule has 1 N–H and O–H groups in total. The Balaban J connectivity index is 1.98. The van der Waals surface area contributed by atoms with Gasteiger partial charge in [-0.25, -0.2) is 0 Å². The van der Waals surface area contributed by atoms with E-state index in [1.807, 2.05) is 6.26 Å². The predicted molar refractivity (Wildman–Crippen MR) is 57.1 cm³/mol. The second-order valence-corrected chi connectivity index (χ2v) is 4.18. The summed E-state index contributed by atoms with van der Waals surface area (Å²) < 4.78 is 5.15. The van der Waals surface area contributed by atoms with Crippen molar-refractivity contribution in [3.05, 3.63) is 24.2 Å². The molecule has 0 spiro atoms. The van der Waals surface area contributed by atoms with E-state index < -0.39 is 0 Å². The molecule has 2 nitrogen and oxygen atoms in total. The van der Waals surface area contributed by atoms with E-state index in [1.54, 1.807) is 6.26 Å². The van der Waals surface area contributed by atoms with Crippen LogP contribution in [0.25, 0.3) is 0 Å². The van der Waals surface area contributed by atoms with E-state index in [2.05, 4.69) is 18.3 Å². The number of furan rings is 1. The average Bonchev–Trinajstić information content (AvgIpc) is 2.61. The highest BCUT2D eigenvalue weighted by atomic mass is 16.3. The summed E-state index contributed by atoms with van der Waals surface area (Å²) in [7, 11) is 0. The van der Waals surface area contributed by atoms with Crippen molar-refractivity contribution in [2.45, 2.75) is 38.6 Å². The monoisotopic (exact) mass is 193 g/mol. The molecule has 78 valence electrons. The molecule has 1 fully saturated rings. The second kappa shape index (κ2) is 4.65. The molecule has 0 bridgehead atoms. The van der Waals surface area contributed by atoms with Crippen molar-refractivity contribution < 1.29 is 4.42 Å². The number of hydrogen-bond acceptors (Lipinski definition) is 2. The SMILES string of the molecule is CCCNC(c1ccoc1)C1CCC1. The van der Waals surface area contributed by atoms with Crippen LogP contribution >= 0.6 is 0 Å². The summed E-state index contributed by atoms with van der Waals surface area (Å²) in [6.07, 6.45) is 8.98. The molecule has 0 saturated heterocycles. The van der Waals surface area contributed by atoms with Crippen molar-refractivity contribution in [2.24, 2.45) is 5.92 Å². The van der Waals surface area contributed by atoms with Crippen molar-refractivity contribution in [3.63, 3.8) is 0 Å². The standard InChI is InChI=1S/C12H19NO/c1-2-7-13-12(10-4-3-5-10)11-6-8-14-9-11/h6,8-10,12-13H,2-5,7H2,1H3. The Morgan fingerprint density at radius 1 is 1.57 bits per heavy atom. The highest BCUT2D eigenvalue weighted by Crippen LogP contribution is 2.37. The third kappa shape index (κ3) is 2.01. The molecule has 0 radical (unpaired) electrons. The van der Waals surface area contributed by atoms with Crippen LogP contribution in [0.4, 0.5) is 0 Å². The van der Waals surface area contributed by atoms with Gasteiger partial charge in [-0.2, -0.15) is 0 Å². The lowest BCUT2D eigenvalue weighted by molar-refractivity contribution is 0.230. The molecule has 0 aliphatic heterocycles. The Kier molecular flexibility index (Phi) is 3.25. The first-order valence-corrected chi connectivity index (χ1v) is 5.67. The summed E-state index contributed by atoms with van der Waals surface area (Å²) >= 11 is 0. The number of rotatable bonds is 5. The van der Waals surface area contributed by atoms with Crippen molar-refractivity contribution in [1.29, 1.82) is 0 Å². The third-order valence-corrected chi connectivity index (χ3v) is 3.14. The van der Waals surface area contributed by atoms with Crippen LogP contribution in [0.15, 0.2) is 23.0 Å². The third-order valence-electron chi connectivity index (χ3n) is 3.14. The summed E-state index contributed by atoms with van der Waals surface area (Å²) in [4.78, 5) is 0. The van der Waals surface area contributed by atoms with Gasteiger partial charge in [0.05, 0.1) is 12.5 Å². The Hall–Kier alpha value is -0.760. The molecule has 14 heavy (non-hydrogen) atoms. The Morgan fingerprint density at radius 2 is 2.43 bits per heavy atom. The van der Waals surface area contributed by atoms with Gasteiger partial charge in [0.2, 0.25) is 0 Å². The zero-order valence-corrected chi connectivity index (χ0v) is 8.83. The van der Waals surface area contributed by atoms with Gasteiger partial charge in [-0.3, -0.25) is 0 Å². The van der Waals surface area contributed by atoms with Gasteiger partial charge in [0.25, 0.3) is 0 Å². The van der Waals surface area contributed by atoms with E-state index in [-0.39, 0.29) is 0 Å². The molecule has 0 amide bonds. The van der Waals surface area contributed by atoms with Crippen molar-refractivity contribution in [3.8, 4) is 0 Å². The maximum atomic E-state index is 5.15. The molecular weight excluding hydrogens is 174 g/mol. The van der Waals surface area contributed by atoms with E-state index in [4.69, 9.17) is 4.42 Å². The van der Waals surface area contributed by atoms with Crippen LogP contribution in [-0.4, -0.2) is 6.54 Å². The first kappa shape index (κ1) is 9.78. The predicted octanol–water partition coefficient (Wildman–Crippen LogP) is 3.12. The topological polar surface area (TPSA) is 25.2 Å². The maximum Gasteiger partial charge on any atom is 0.0950 e. The molecule has 1 saturated carbocycles. The van der Waals surface area contributed by atoms with Gasteiger partial charge in [-0.1, -0.05) is 13.3 Å². The molecule has 1 aromatic rings. The molecule has 0 aromatic carbocycles. The van der Waals surface area contributed by atoms with Crippen molar-refractivity contribution in [1.82, 2.24) is 5.32 Å². The lowest BCUT2D eigenvalue weighted by atomic mass is 9.77. The second-order valence-electron chi connectivity index (χ2n) is 4.18. The fraction of sp³-hybridized carbons (Fsp3) is 0.667. The summed E-state index contributed by atoms with van der Waals surface area (Å²) in [6, 6.07) is 2.62. The van der Waals surface area contributed by atoms with E-state index in [0.29, 0.717) is 6.04 Å². The van der Waals surface area contributed by atoms with Crippen LogP contribution < -0.4 is 5.32 Å². The van der Waals surface area contributed by atoms with Crippen molar-refractivity contribution >= 4 is 0 Å². The molecule has 1 atom stereocenters. The Morgan fingerprint density at radius 3 is 2.93 bits per heavy atom. The smallest absolute Gasteiger partial charge is 0.0950 e. The van der Waals surface area contributed by atoms with Gasteiger partial charge in [-0.05, 0) is 37.8 Å². The van der Waals surface area contributed by atoms with E-state index in [0.717, 1.165) is 12.5 Å². The molecule has 1 unspecified atom stereocenters. The number of nitrogens with one attached hydrogen (secondary N) is 1. The maximum absolute atomic E-state index is 5.15. The quantitative estimate of drug-likeness (QED) is 0.777. The van der Waals surface area contributed by atoms with Gasteiger partial charge < -0.3 is 9.73 Å². The minimum Gasteiger partial charge on any atom is -0.472 e. The molecule has 2 heteroatoms. The van der Waals surface area contributed by atoms with E-state index >= 15 is 0 Å². The molecular formula is C12H19NO. The normalized spacial score (nSPS) is 19.2. The van der Waals surface area contributed by atoms with Crippen LogP contribution in [0.2, 0.25) is 0 Å². The number of hydrogen-bond donors (Lipinski definition) is 1. The minimum atomic E-state index is 0.530. The van der Waals surface area contributed by atoms with Crippen LogP contribution in [0.3, 0.4) is 0 Å². The molecule has 1 heterocycles. The highest BCUT2D eigenvalue weighted by molar-refractivity contribution is 5.13. The summed E-state index contributed by atoms with van der Waals surface area (Å²) in [5, 5.41) is 3.61. The molecule has 1 aromatic heterocycles. The Labute approximate surface area is 85.7 Å². The zero-order chi connectivity index (χ0) is 9.80. The largest absolute Gasteiger partial charge is 0.472 e. The fourth-order valence-electron chi connectivity index (χ4n) is 2.08. The van der Waals surface area contributed by atoms with Gasteiger partial charge in [-0.15, -0.1) is 0 Å². The summed E-state index contributed by atoms with van der Waals surface area (Å²) in [6.45, 7) is 3.31. The lowest BCUT2D eigenvalue weighted by Gasteiger charge is -2.34. The zero-order valence-electron chi connectivity index (χ0n) is 8.83. The molecule has 1 aliphatic rings. The van der Waals surface area contributed by atoms with Crippen LogP contribution in [0.1, 0.15) is 44.2 Å². The first-order chi connectivity index (χ1) is 6.92. The van der Waals surface area contributed by atoms with Crippen LogP contribution in [0, 0.1) is 5.92 Å². The summed E-state index contributed by atoms with van der Waals surface area (Å²) in [5.41, 5.74) is 1.32. The van der Waals surface area contributed by atoms with E-state index in [9.17, 15) is 0 Å². The van der Waals surface area contributed by atoms with E-state index in [1.165, 1.54) is 31.2 Å².